The Morgan fingerprint density at radius 2 is 2.08 bits per heavy atom. The molecule has 2 aliphatic heterocycles. The minimum Gasteiger partial charge on any atom is -0.493 e. The topological polar surface area (TPSA) is 43.2 Å². The molecule has 2 aliphatic rings. The molecule has 0 N–H and O–H groups in total. The van der Waals surface area contributed by atoms with Crippen LogP contribution in [0.25, 0.3) is 5.69 Å². The predicted octanol–water partition coefficient (Wildman–Crippen LogP) is 3.32. The number of ether oxygens (including phenoxy) is 1. The number of aromatic nitrogens is 3. The summed E-state index contributed by atoms with van der Waals surface area (Å²) in [6, 6.07) is 11.1. The molecule has 132 valence electrons. The molecule has 0 saturated carbocycles. The summed E-state index contributed by atoms with van der Waals surface area (Å²) in [5.74, 6) is 1.07. The van der Waals surface area contributed by atoms with Gasteiger partial charge >= 0.3 is 0 Å². The molecule has 0 spiro atoms. The maximum absolute atomic E-state index is 5.75. The molecule has 5 nitrogen and oxygen atoms in total. The molecule has 3 aromatic rings. The van der Waals surface area contributed by atoms with Crippen LogP contribution in [0.15, 0.2) is 48.9 Å². The van der Waals surface area contributed by atoms with Gasteiger partial charge in [-0.25, -0.2) is 4.68 Å². The van der Waals surface area contributed by atoms with Crippen molar-refractivity contribution < 1.29 is 4.74 Å². The van der Waals surface area contributed by atoms with Crippen LogP contribution in [0.1, 0.15) is 35.3 Å². The van der Waals surface area contributed by atoms with Crippen LogP contribution >= 0.6 is 0 Å². The van der Waals surface area contributed by atoms with Crippen LogP contribution in [0.2, 0.25) is 0 Å². The first-order chi connectivity index (χ1) is 12.8. The van der Waals surface area contributed by atoms with E-state index in [2.05, 4.69) is 46.2 Å². The van der Waals surface area contributed by atoms with Crippen molar-refractivity contribution in [1.82, 2.24) is 19.7 Å². The lowest BCUT2D eigenvalue weighted by atomic mass is 10.00. The van der Waals surface area contributed by atoms with Gasteiger partial charge in [0.15, 0.2) is 0 Å². The molecule has 1 aromatic carbocycles. The first kappa shape index (κ1) is 15.6. The first-order valence-corrected chi connectivity index (χ1v) is 9.25. The van der Waals surface area contributed by atoms with Crippen LogP contribution in [0.3, 0.4) is 0 Å². The van der Waals surface area contributed by atoms with E-state index in [1.165, 1.54) is 22.4 Å². The zero-order valence-electron chi connectivity index (χ0n) is 14.9. The number of pyridine rings is 1. The van der Waals surface area contributed by atoms with Crippen LogP contribution < -0.4 is 4.74 Å². The minimum absolute atomic E-state index is 0.361. The highest BCUT2D eigenvalue weighted by Crippen LogP contribution is 2.33. The first-order valence-electron chi connectivity index (χ1n) is 9.25. The second kappa shape index (κ2) is 6.25. The van der Waals surface area contributed by atoms with Crippen molar-refractivity contribution in [1.29, 1.82) is 0 Å². The van der Waals surface area contributed by atoms with E-state index in [-0.39, 0.29) is 0 Å². The van der Waals surface area contributed by atoms with Gasteiger partial charge in [-0.05, 0) is 36.2 Å². The SMILES string of the molecule is CC(c1ccc2c(c1)OCC2)N1CCc2c(cnn2-c2cccnc2)C1. The lowest BCUT2D eigenvalue weighted by molar-refractivity contribution is 0.190. The number of hydrogen-bond acceptors (Lipinski definition) is 4. The van der Waals surface area contributed by atoms with Crippen LogP contribution in [0.5, 0.6) is 5.75 Å². The van der Waals surface area contributed by atoms with Crippen LogP contribution in [0.4, 0.5) is 0 Å². The zero-order chi connectivity index (χ0) is 17.5. The smallest absolute Gasteiger partial charge is 0.122 e. The Balaban J connectivity index is 1.38. The van der Waals surface area contributed by atoms with Gasteiger partial charge in [-0.1, -0.05) is 12.1 Å². The fourth-order valence-electron chi connectivity index (χ4n) is 4.04. The van der Waals surface area contributed by atoms with Gasteiger partial charge in [-0.3, -0.25) is 9.88 Å². The fraction of sp³-hybridized carbons (Fsp3) is 0.333. The van der Waals surface area contributed by atoms with Crippen molar-refractivity contribution in [3.05, 3.63) is 71.3 Å². The van der Waals surface area contributed by atoms with Crippen LogP contribution in [-0.4, -0.2) is 32.8 Å². The van der Waals surface area contributed by atoms with Crippen molar-refractivity contribution in [3.8, 4) is 11.4 Å². The number of benzene rings is 1. The van der Waals surface area contributed by atoms with Gasteiger partial charge in [0.05, 0.1) is 30.4 Å². The lowest BCUT2D eigenvalue weighted by Crippen LogP contribution is -2.33. The van der Waals surface area contributed by atoms with Crippen molar-refractivity contribution in [2.45, 2.75) is 32.4 Å². The molecule has 2 aromatic heterocycles. The third-order valence-electron chi connectivity index (χ3n) is 5.61. The summed E-state index contributed by atoms with van der Waals surface area (Å²) < 4.78 is 7.78. The van der Waals surface area contributed by atoms with Gasteiger partial charge in [0, 0.05) is 43.7 Å². The minimum atomic E-state index is 0.361. The van der Waals surface area contributed by atoms with E-state index < -0.39 is 0 Å². The molecule has 0 fully saturated rings. The largest absolute Gasteiger partial charge is 0.493 e. The van der Waals surface area contributed by atoms with Crippen molar-refractivity contribution >= 4 is 0 Å². The Bertz CT molecular complexity index is 934. The van der Waals surface area contributed by atoms with Crippen molar-refractivity contribution in [2.24, 2.45) is 0 Å². The van der Waals surface area contributed by atoms with E-state index in [4.69, 9.17) is 4.74 Å². The number of fused-ring (bicyclic) bond motifs is 2. The van der Waals surface area contributed by atoms with Gasteiger partial charge in [0.1, 0.15) is 5.75 Å². The van der Waals surface area contributed by atoms with Gasteiger partial charge < -0.3 is 4.74 Å². The average molecular weight is 346 g/mol. The summed E-state index contributed by atoms with van der Waals surface area (Å²) in [4.78, 5) is 6.74. The molecule has 0 amide bonds. The third kappa shape index (κ3) is 2.59. The second-order valence-electron chi connectivity index (χ2n) is 7.10. The summed E-state index contributed by atoms with van der Waals surface area (Å²) in [6.07, 6.45) is 7.70. The Kier molecular flexibility index (Phi) is 3.75. The molecular weight excluding hydrogens is 324 g/mol. The average Bonchev–Trinajstić information content (AvgIpc) is 3.33. The summed E-state index contributed by atoms with van der Waals surface area (Å²) >= 11 is 0. The second-order valence-corrected chi connectivity index (χ2v) is 7.10. The monoisotopic (exact) mass is 346 g/mol. The summed E-state index contributed by atoms with van der Waals surface area (Å²) in [5.41, 5.74) is 6.31. The zero-order valence-corrected chi connectivity index (χ0v) is 14.9. The van der Waals surface area contributed by atoms with Gasteiger partial charge in [0.25, 0.3) is 0 Å². The van der Waals surface area contributed by atoms with Crippen molar-refractivity contribution in [3.63, 3.8) is 0 Å². The molecular formula is C21H22N4O. The molecule has 1 unspecified atom stereocenters. The number of nitrogens with zero attached hydrogens (tertiary/aromatic N) is 4. The molecule has 0 bridgehead atoms. The molecule has 0 saturated heterocycles. The highest BCUT2D eigenvalue weighted by molar-refractivity contribution is 5.41. The Hall–Kier alpha value is -2.66. The Morgan fingerprint density at radius 3 is 2.96 bits per heavy atom. The molecule has 0 aliphatic carbocycles. The standard InChI is InChI=1S/C21H22N4O/c1-15(17-5-4-16-7-10-26-21(16)11-17)24-9-6-20-18(14-24)12-23-25(20)19-3-2-8-22-13-19/h2-5,8,11-13,15H,6-7,9-10,14H2,1H3. The van der Waals surface area contributed by atoms with Crippen molar-refractivity contribution in [2.75, 3.05) is 13.2 Å². The van der Waals surface area contributed by atoms with E-state index >= 15 is 0 Å². The van der Waals surface area contributed by atoms with E-state index in [1.807, 2.05) is 23.1 Å². The van der Waals surface area contributed by atoms with Gasteiger partial charge in [-0.2, -0.15) is 5.10 Å². The van der Waals surface area contributed by atoms with E-state index in [9.17, 15) is 0 Å². The third-order valence-corrected chi connectivity index (χ3v) is 5.61. The maximum atomic E-state index is 5.75. The lowest BCUT2D eigenvalue weighted by Gasteiger charge is -2.33. The molecule has 0 radical (unpaired) electrons. The van der Waals surface area contributed by atoms with Gasteiger partial charge in [-0.15, -0.1) is 0 Å². The Morgan fingerprint density at radius 1 is 1.12 bits per heavy atom. The molecule has 4 heterocycles. The van der Waals surface area contributed by atoms with E-state index in [1.54, 1.807) is 6.20 Å². The number of rotatable bonds is 3. The molecule has 1 atom stereocenters. The predicted molar refractivity (Wildman–Crippen MR) is 99.5 cm³/mol. The highest BCUT2D eigenvalue weighted by atomic mass is 16.5. The quantitative estimate of drug-likeness (QED) is 0.730. The fourth-order valence-corrected chi connectivity index (χ4v) is 4.04. The van der Waals surface area contributed by atoms with E-state index in [0.717, 1.165) is 44.0 Å². The van der Waals surface area contributed by atoms with Crippen LogP contribution in [0, 0.1) is 0 Å². The molecule has 5 rings (SSSR count). The maximum Gasteiger partial charge on any atom is 0.122 e. The normalized spacial score (nSPS) is 17.4. The summed E-state index contributed by atoms with van der Waals surface area (Å²) in [6.45, 7) is 5.05. The molecule has 26 heavy (non-hydrogen) atoms. The summed E-state index contributed by atoms with van der Waals surface area (Å²) in [5, 5.41) is 4.61. The molecule has 5 heteroatoms. The Labute approximate surface area is 153 Å². The van der Waals surface area contributed by atoms with Gasteiger partial charge in [0.2, 0.25) is 0 Å². The summed E-state index contributed by atoms with van der Waals surface area (Å²) in [7, 11) is 0. The van der Waals surface area contributed by atoms with E-state index in [0.29, 0.717) is 6.04 Å². The highest BCUT2D eigenvalue weighted by Gasteiger charge is 2.26. The van der Waals surface area contributed by atoms with Crippen LogP contribution in [-0.2, 0) is 19.4 Å². The number of hydrogen-bond donors (Lipinski definition) is 0.